The number of carbonyl (C=O) groups is 1. The van der Waals surface area contributed by atoms with Gasteiger partial charge in [-0.2, -0.15) is 5.10 Å². The first-order chi connectivity index (χ1) is 12.9. The van der Waals surface area contributed by atoms with Crippen LogP contribution in [0.1, 0.15) is 36.7 Å². The quantitative estimate of drug-likeness (QED) is 0.493. The molecule has 1 N–H and O–H groups in total. The molecule has 0 unspecified atom stereocenters. The number of rotatable bonds is 8. The summed E-state index contributed by atoms with van der Waals surface area (Å²) in [6.07, 6.45) is 1.56. The molecule has 0 aliphatic carbocycles. The SMILES string of the molecule is CCOc1ccc(C(=O)N/N=C/c2cc(Br)c(OC(C)C)c(OC)c2)cc1. The first-order valence-corrected chi connectivity index (χ1v) is 9.34. The second-order valence-electron chi connectivity index (χ2n) is 5.86. The van der Waals surface area contributed by atoms with Gasteiger partial charge in [0.1, 0.15) is 5.75 Å². The number of hydrogen-bond donors (Lipinski definition) is 1. The lowest BCUT2D eigenvalue weighted by atomic mass is 10.2. The van der Waals surface area contributed by atoms with E-state index in [2.05, 4.69) is 26.5 Å². The molecule has 0 atom stereocenters. The summed E-state index contributed by atoms with van der Waals surface area (Å²) >= 11 is 3.48. The minimum atomic E-state index is -0.305. The highest BCUT2D eigenvalue weighted by Crippen LogP contribution is 2.36. The first kappa shape index (κ1) is 20.8. The Morgan fingerprint density at radius 1 is 1.26 bits per heavy atom. The average molecular weight is 435 g/mol. The Bertz CT molecular complexity index is 804. The fourth-order valence-electron chi connectivity index (χ4n) is 2.26. The van der Waals surface area contributed by atoms with Gasteiger partial charge >= 0.3 is 0 Å². The zero-order valence-corrected chi connectivity index (χ0v) is 17.4. The van der Waals surface area contributed by atoms with Gasteiger partial charge in [-0.3, -0.25) is 4.79 Å². The van der Waals surface area contributed by atoms with Crippen molar-refractivity contribution in [1.29, 1.82) is 0 Å². The van der Waals surface area contributed by atoms with E-state index in [1.54, 1.807) is 43.7 Å². The summed E-state index contributed by atoms with van der Waals surface area (Å²) < 4.78 is 17.2. The van der Waals surface area contributed by atoms with E-state index in [4.69, 9.17) is 14.2 Å². The van der Waals surface area contributed by atoms with Crippen molar-refractivity contribution < 1.29 is 19.0 Å². The Hall–Kier alpha value is -2.54. The molecule has 1 amide bonds. The fourth-order valence-corrected chi connectivity index (χ4v) is 2.82. The normalized spacial score (nSPS) is 10.9. The van der Waals surface area contributed by atoms with Crippen LogP contribution < -0.4 is 19.6 Å². The zero-order chi connectivity index (χ0) is 19.8. The molecule has 2 aromatic carbocycles. The van der Waals surface area contributed by atoms with Gasteiger partial charge in [0.15, 0.2) is 11.5 Å². The van der Waals surface area contributed by atoms with Crippen molar-refractivity contribution in [3.63, 3.8) is 0 Å². The van der Waals surface area contributed by atoms with Gasteiger partial charge in [-0.05, 0) is 78.7 Å². The molecule has 2 rings (SSSR count). The van der Waals surface area contributed by atoms with Gasteiger partial charge in [-0.1, -0.05) is 0 Å². The third kappa shape index (κ3) is 5.99. The van der Waals surface area contributed by atoms with Crippen molar-refractivity contribution in [1.82, 2.24) is 5.43 Å². The number of carbonyl (C=O) groups excluding carboxylic acids is 1. The third-order valence-corrected chi connectivity index (χ3v) is 4.00. The van der Waals surface area contributed by atoms with E-state index in [1.165, 1.54) is 0 Å². The monoisotopic (exact) mass is 434 g/mol. The number of nitrogens with zero attached hydrogens (tertiary/aromatic N) is 1. The number of amides is 1. The van der Waals surface area contributed by atoms with Crippen LogP contribution in [0.5, 0.6) is 17.2 Å². The fraction of sp³-hybridized carbons (Fsp3) is 0.300. The number of halogens is 1. The van der Waals surface area contributed by atoms with Crippen molar-refractivity contribution in [3.8, 4) is 17.2 Å². The predicted molar refractivity (Wildman–Crippen MR) is 109 cm³/mol. The zero-order valence-electron chi connectivity index (χ0n) is 15.8. The van der Waals surface area contributed by atoms with Gasteiger partial charge in [0.2, 0.25) is 0 Å². The first-order valence-electron chi connectivity index (χ1n) is 8.55. The van der Waals surface area contributed by atoms with Crippen LogP contribution in [0.4, 0.5) is 0 Å². The highest BCUT2D eigenvalue weighted by molar-refractivity contribution is 9.10. The number of hydrogen-bond acceptors (Lipinski definition) is 5. The summed E-state index contributed by atoms with van der Waals surface area (Å²) in [7, 11) is 1.57. The van der Waals surface area contributed by atoms with Gasteiger partial charge < -0.3 is 14.2 Å². The summed E-state index contributed by atoms with van der Waals surface area (Å²) in [5.41, 5.74) is 3.75. The van der Waals surface area contributed by atoms with Crippen LogP contribution in [-0.4, -0.2) is 31.9 Å². The lowest BCUT2D eigenvalue weighted by Gasteiger charge is -2.15. The third-order valence-electron chi connectivity index (χ3n) is 3.41. The predicted octanol–water partition coefficient (Wildman–Crippen LogP) is 4.41. The Balaban J connectivity index is 2.06. The van der Waals surface area contributed by atoms with Gasteiger partial charge in [-0.15, -0.1) is 0 Å². The molecule has 0 bridgehead atoms. The van der Waals surface area contributed by atoms with Crippen LogP contribution >= 0.6 is 15.9 Å². The smallest absolute Gasteiger partial charge is 0.271 e. The Labute approximate surface area is 167 Å². The Kier molecular flexibility index (Phi) is 7.67. The summed E-state index contributed by atoms with van der Waals surface area (Å²) in [6, 6.07) is 10.5. The molecule has 0 aromatic heterocycles. The van der Waals surface area contributed by atoms with Crippen LogP contribution in [0, 0.1) is 0 Å². The van der Waals surface area contributed by atoms with Gasteiger partial charge in [-0.25, -0.2) is 5.43 Å². The molecule has 27 heavy (non-hydrogen) atoms. The minimum Gasteiger partial charge on any atom is -0.494 e. The molecule has 2 aromatic rings. The van der Waals surface area contributed by atoms with E-state index >= 15 is 0 Å². The molecular weight excluding hydrogens is 412 g/mol. The van der Waals surface area contributed by atoms with Gasteiger partial charge in [0, 0.05) is 5.56 Å². The summed E-state index contributed by atoms with van der Waals surface area (Å²) in [4.78, 5) is 12.1. The molecule has 6 nitrogen and oxygen atoms in total. The Morgan fingerprint density at radius 3 is 2.56 bits per heavy atom. The van der Waals surface area contributed by atoms with E-state index in [9.17, 15) is 4.79 Å². The summed E-state index contributed by atoms with van der Waals surface area (Å²) in [6.45, 7) is 6.37. The molecular formula is C20H23BrN2O4. The van der Waals surface area contributed by atoms with Crippen LogP contribution in [0.15, 0.2) is 46.0 Å². The number of nitrogens with one attached hydrogen (secondary N) is 1. The van der Waals surface area contributed by atoms with E-state index < -0.39 is 0 Å². The molecule has 0 fully saturated rings. The van der Waals surface area contributed by atoms with Crippen molar-refractivity contribution >= 4 is 28.1 Å². The van der Waals surface area contributed by atoms with Gasteiger partial charge in [0.05, 0.1) is 30.5 Å². The van der Waals surface area contributed by atoms with Crippen LogP contribution in [-0.2, 0) is 0 Å². The number of hydrazone groups is 1. The molecule has 0 spiro atoms. The maximum Gasteiger partial charge on any atom is 0.271 e. The number of methoxy groups -OCH3 is 1. The maximum absolute atomic E-state index is 12.1. The second kappa shape index (κ2) is 9.97. The van der Waals surface area contributed by atoms with Crippen molar-refractivity contribution in [2.75, 3.05) is 13.7 Å². The molecule has 144 valence electrons. The highest BCUT2D eigenvalue weighted by Gasteiger charge is 2.12. The minimum absolute atomic E-state index is 0.0168. The molecule has 7 heteroatoms. The molecule has 0 radical (unpaired) electrons. The van der Waals surface area contributed by atoms with Gasteiger partial charge in [0.25, 0.3) is 5.91 Å². The Morgan fingerprint density at radius 2 is 1.96 bits per heavy atom. The second-order valence-corrected chi connectivity index (χ2v) is 6.71. The van der Waals surface area contributed by atoms with E-state index in [0.717, 1.165) is 15.8 Å². The van der Waals surface area contributed by atoms with Crippen LogP contribution in [0.2, 0.25) is 0 Å². The van der Waals surface area contributed by atoms with E-state index in [-0.39, 0.29) is 12.0 Å². The standard InChI is InChI=1S/C20H23BrN2O4/c1-5-26-16-8-6-15(7-9-16)20(24)23-22-12-14-10-17(21)19(27-13(2)3)18(11-14)25-4/h6-13H,5H2,1-4H3,(H,23,24)/b22-12+. The molecule has 0 aliphatic heterocycles. The lowest BCUT2D eigenvalue weighted by molar-refractivity contribution is 0.0955. The number of benzene rings is 2. The largest absolute Gasteiger partial charge is 0.494 e. The summed E-state index contributed by atoms with van der Waals surface area (Å²) in [5.74, 6) is 1.62. The van der Waals surface area contributed by atoms with Crippen LogP contribution in [0.25, 0.3) is 0 Å². The highest BCUT2D eigenvalue weighted by atomic mass is 79.9. The van der Waals surface area contributed by atoms with Crippen molar-refractivity contribution in [3.05, 3.63) is 52.0 Å². The molecule has 0 saturated carbocycles. The molecule has 0 heterocycles. The van der Waals surface area contributed by atoms with Crippen LogP contribution in [0.3, 0.4) is 0 Å². The molecule has 0 saturated heterocycles. The maximum atomic E-state index is 12.1. The van der Waals surface area contributed by atoms with Crippen molar-refractivity contribution in [2.24, 2.45) is 5.10 Å². The van der Waals surface area contributed by atoms with E-state index in [1.807, 2.05) is 26.8 Å². The molecule has 0 aliphatic rings. The summed E-state index contributed by atoms with van der Waals surface area (Å²) in [5, 5.41) is 4.01. The van der Waals surface area contributed by atoms with Crippen molar-refractivity contribution in [2.45, 2.75) is 26.9 Å². The lowest BCUT2D eigenvalue weighted by Crippen LogP contribution is -2.17. The van der Waals surface area contributed by atoms with E-state index in [0.29, 0.717) is 23.7 Å². The average Bonchev–Trinajstić information content (AvgIpc) is 2.64. The topological polar surface area (TPSA) is 69.2 Å². The number of ether oxygens (including phenoxy) is 3.